The number of hydrogen-bond donors (Lipinski definition) is 1. The summed E-state index contributed by atoms with van der Waals surface area (Å²) in [5.74, 6) is -0.769. The number of nitrogens with one attached hydrogen (secondary N) is 1. The van der Waals surface area contributed by atoms with Gasteiger partial charge in [0.15, 0.2) is 9.84 Å². The molecule has 0 bridgehead atoms. The molecule has 1 saturated heterocycles. The van der Waals surface area contributed by atoms with Crippen LogP contribution in [0.4, 0.5) is 5.69 Å². The third-order valence-corrected chi connectivity index (χ3v) is 8.55. The van der Waals surface area contributed by atoms with Crippen LogP contribution in [0.3, 0.4) is 0 Å². The van der Waals surface area contributed by atoms with Crippen LogP contribution in [0, 0.1) is 0 Å². The Kier molecular flexibility index (Phi) is 5.06. The highest BCUT2D eigenvalue weighted by molar-refractivity contribution is 7.92. The molecule has 4 rings (SSSR count). The Morgan fingerprint density at radius 1 is 1.15 bits per heavy atom. The smallest absolute Gasteiger partial charge is 0.239 e. The van der Waals surface area contributed by atoms with E-state index in [0.717, 1.165) is 50.8 Å². The normalized spacial score (nSPS) is 22.3. The van der Waals surface area contributed by atoms with Gasteiger partial charge in [-0.3, -0.25) is 9.69 Å². The molecule has 2 aliphatic carbocycles. The van der Waals surface area contributed by atoms with Gasteiger partial charge in [0.05, 0.1) is 5.25 Å². The van der Waals surface area contributed by atoms with Gasteiger partial charge in [-0.2, -0.15) is 0 Å². The third kappa shape index (κ3) is 3.66. The molecule has 1 aromatic rings. The molecule has 0 aromatic heterocycles. The Balaban J connectivity index is 1.49. The number of amides is 1. The number of fused-ring (bicyclic) bond motifs is 2. The highest BCUT2D eigenvalue weighted by atomic mass is 32.2. The summed E-state index contributed by atoms with van der Waals surface area (Å²) in [6, 6.07) is 2.66. The lowest BCUT2D eigenvalue weighted by atomic mass is 9.98. The summed E-state index contributed by atoms with van der Waals surface area (Å²) in [5, 5.41) is 2.61. The number of benzene rings is 1. The average molecular weight is 391 g/mol. The van der Waals surface area contributed by atoms with E-state index in [1.54, 1.807) is 0 Å². The van der Waals surface area contributed by atoms with E-state index in [9.17, 15) is 13.2 Å². The van der Waals surface area contributed by atoms with E-state index in [4.69, 9.17) is 0 Å². The Morgan fingerprint density at radius 2 is 1.78 bits per heavy atom. The van der Waals surface area contributed by atoms with Gasteiger partial charge in [0, 0.05) is 18.3 Å². The molecule has 1 fully saturated rings. The summed E-state index contributed by atoms with van der Waals surface area (Å²) in [6.45, 7) is 5.50. The number of sulfone groups is 1. The lowest BCUT2D eigenvalue weighted by Crippen LogP contribution is -2.35. The van der Waals surface area contributed by atoms with Crippen LogP contribution < -0.4 is 5.32 Å². The fourth-order valence-corrected chi connectivity index (χ4v) is 6.52. The molecule has 1 N–H and O–H groups in total. The van der Waals surface area contributed by atoms with Crippen molar-refractivity contribution in [1.29, 1.82) is 0 Å². The predicted octanol–water partition coefficient (Wildman–Crippen LogP) is 2.50. The van der Waals surface area contributed by atoms with Gasteiger partial charge in [0.1, 0.15) is 5.75 Å². The second-order valence-corrected chi connectivity index (χ2v) is 10.9. The molecule has 1 amide bonds. The predicted molar refractivity (Wildman–Crippen MR) is 108 cm³/mol. The van der Waals surface area contributed by atoms with Crippen LogP contribution in [0.5, 0.6) is 0 Å². The molecule has 1 heterocycles. The van der Waals surface area contributed by atoms with Crippen LogP contribution in [-0.2, 0) is 40.3 Å². The summed E-state index contributed by atoms with van der Waals surface area (Å²) >= 11 is 0. The minimum Gasteiger partial charge on any atom is -0.325 e. The molecular formula is C21H30N2O3S. The Morgan fingerprint density at radius 3 is 2.33 bits per heavy atom. The monoisotopic (exact) mass is 390 g/mol. The molecule has 0 spiro atoms. The van der Waals surface area contributed by atoms with Crippen LogP contribution in [0.25, 0.3) is 0 Å². The van der Waals surface area contributed by atoms with Crippen molar-refractivity contribution in [3.63, 3.8) is 0 Å². The fourth-order valence-electron chi connectivity index (χ4n) is 4.96. The quantitative estimate of drug-likeness (QED) is 0.839. The Labute approximate surface area is 162 Å². The maximum atomic E-state index is 12.8. The number of anilines is 1. The van der Waals surface area contributed by atoms with Crippen molar-refractivity contribution >= 4 is 21.4 Å². The number of carbonyl (C=O) groups is 1. The minimum atomic E-state index is -3.43. The van der Waals surface area contributed by atoms with E-state index in [1.807, 2.05) is 0 Å². The van der Waals surface area contributed by atoms with E-state index in [2.05, 4.69) is 30.1 Å². The first-order chi connectivity index (χ1) is 12.8. The van der Waals surface area contributed by atoms with Crippen LogP contribution in [-0.4, -0.2) is 49.4 Å². The van der Waals surface area contributed by atoms with Gasteiger partial charge >= 0.3 is 0 Å². The number of hydrogen-bond acceptors (Lipinski definition) is 4. The number of carbonyl (C=O) groups excluding carboxylic acids is 1. The van der Waals surface area contributed by atoms with Gasteiger partial charge in [-0.25, -0.2) is 8.42 Å². The number of likely N-dealkylation sites (tertiary alicyclic amines) is 1. The molecule has 1 aliphatic heterocycles. The second kappa shape index (κ2) is 7.21. The first-order valence-electron chi connectivity index (χ1n) is 10.3. The van der Waals surface area contributed by atoms with Crippen molar-refractivity contribution in [3.05, 3.63) is 28.3 Å². The molecule has 1 unspecified atom stereocenters. The fraction of sp³-hybridized carbons (Fsp3) is 0.667. The molecule has 0 radical (unpaired) electrons. The number of nitrogens with zero attached hydrogens (tertiary/aromatic N) is 1. The SMILES string of the molecule is CC(C)N1CCC(S(=O)(=O)CC(=O)Nc2c3c(cc4c2CCC4)CCC3)C1. The van der Waals surface area contributed by atoms with Crippen LogP contribution in [0.2, 0.25) is 0 Å². The zero-order valence-corrected chi connectivity index (χ0v) is 17.2. The summed E-state index contributed by atoms with van der Waals surface area (Å²) in [5.41, 5.74) is 6.11. The maximum Gasteiger partial charge on any atom is 0.239 e. The number of aryl methyl sites for hydroxylation is 2. The lowest BCUT2D eigenvalue weighted by molar-refractivity contribution is -0.113. The van der Waals surface area contributed by atoms with Crippen molar-refractivity contribution < 1.29 is 13.2 Å². The molecule has 1 atom stereocenters. The van der Waals surface area contributed by atoms with Crippen LogP contribution >= 0.6 is 0 Å². The molecule has 5 nitrogen and oxygen atoms in total. The van der Waals surface area contributed by atoms with Gasteiger partial charge in [-0.15, -0.1) is 0 Å². The van der Waals surface area contributed by atoms with Crippen molar-refractivity contribution in [1.82, 2.24) is 4.90 Å². The topological polar surface area (TPSA) is 66.5 Å². The average Bonchev–Trinajstić information content (AvgIpc) is 3.34. The van der Waals surface area contributed by atoms with Crippen molar-refractivity contribution in [2.75, 3.05) is 24.2 Å². The zero-order valence-electron chi connectivity index (χ0n) is 16.4. The van der Waals surface area contributed by atoms with E-state index in [1.165, 1.54) is 22.3 Å². The third-order valence-electron chi connectivity index (χ3n) is 6.48. The van der Waals surface area contributed by atoms with Crippen LogP contribution in [0.1, 0.15) is 55.4 Å². The molecular weight excluding hydrogens is 360 g/mol. The van der Waals surface area contributed by atoms with Crippen molar-refractivity contribution in [3.8, 4) is 0 Å². The summed E-state index contributed by atoms with van der Waals surface area (Å²) in [7, 11) is -3.43. The summed E-state index contributed by atoms with van der Waals surface area (Å²) in [4.78, 5) is 14.9. The van der Waals surface area contributed by atoms with Gasteiger partial charge in [-0.1, -0.05) is 6.07 Å². The molecule has 27 heavy (non-hydrogen) atoms. The minimum absolute atomic E-state index is 0.341. The first-order valence-corrected chi connectivity index (χ1v) is 12.0. The highest BCUT2D eigenvalue weighted by Crippen LogP contribution is 2.38. The first kappa shape index (κ1) is 18.9. The maximum absolute atomic E-state index is 12.8. The molecule has 6 heteroatoms. The summed E-state index contributed by atoms with van der Waals surface area (Å²) < 4.78 is 25.6. The molecule has 148 valence electrons. The molecule has 3 aliphatic rings. The second-order valence-electron chi connectivity index (χ2n) is 8.59. The van der Waals surface area contributed by atoms with Crippen LogP contribution in [0.15, 0.2) is 6.07 Å². The van der Waals surface area contributed by atoms with Gasteiger partial charge in [0.25, 0.3) is 0 Å². The van der Waals surface area contributed by atoms with Crippen molar-refractivity contribution in [2.24, 2.45) is 0 Å². The highest BCUT2D eigenvalue weighted by Gasteiger charge is 2.35. The zero-order chi connectivity index (χ0) is 19.2. The van der Waals surface area contributed by atoms with Gasteiger partial charge in [-0.05, 0) is 87.6 Å². The lowest BCUT2D eigenvalue weighted by Gasteiger charge is -2.20. The Bertz CT molecular complexity index is 828. The van der Waals surface area contributed by atoms with E-state index >= 15 is 0 Å². The standard InChI is InChI=1S/C21H30N2O3S/c1-14(2)23-10-9-17(12-23)27(25,26)13-20(24)22-21-18-7-3-5-15(18)11-16-6-4-8-19(16)21/h11,14,17H,3-10,12-13H2,1-2H3,(H,22,24). The largest absolute Gasteiger partial charge is 0.325 e. The van der Waals surface area contributed by atoms with E-state index in [0.29, 0.717) is 19.0 Å². The molecule has 0 saturated carbocycles. The Hall–Kier alpha value is -1.40. The van der Waals surface area contributed by atoms with E-state index < -0.39 is 20.8 Å². The number of rotatable bonds is 5. The van der Waals surface area contributed by atoms with Gasteiger partial charge in [0.2, 0.25) is 5.91 Å². The van der Waals surface area contributed by atoms with Gasteiger partial charge < -0.3 is 5.32 Å². The van der Waals surface area contributed by atoms with Crippen molar-refractivity contribution in [2.45, 2.75) is 70.1 Å². The van der Waals surface area contributed by atoms with E-state index in [-0.39, 0.29) is 5.91 Å². The summed E-state index contributed by atoms with van der Waals surface area (Å²) in [6.07, 6.45) is 6.96. The molecule has 1 aromatic carbocycles.